The molecule has 2 aromatic heterocycles. The summed E-state index contributed by atoms with van der Waals surface area (Å²) in [5, 5.41) is 2.28. The van der Waals surface area contributed by atoms with Crippen LogP contribution >= 0.6 is 11.8 Å². The van der Waals surface area contributed by atoms with E-state index >= 15 is 0 Å². The quantitative estimate of drug-likeness (QED) is 0.173. The van der Waals surface area contributed by atoms with Crippen molar-refractivity contribution in [2.24, 2.45) is 0 Å². The van der Waals surface area contributed by atoms with Gasteiger partial charge in [0.2, 0.25) is 0 Å². The summed E-state index contributed by atoms with van der Waals surface area (Å²) in [6.45, 7) is 0. The van der Waals surface area contributed by atoms with E-state index in [0.717, 1.165) is 55.3 Å². The smallest absolute Gasteiger partial charge is 0.164 e. The van der Waals surface area contributed by atoms with Crippen molar-refractivity contribution in [1.82, 2.24) is 15.0 Å². The Morgan fingerprint density at radius 2 is 0.857 bits per heavy atom. The molecule has 5 heteroatoms. The fourth-order valence-electron chi connectivity index (χ4n) is 9.95. The van der Waals surface area contributed by atoms with Crippen molar-refractivity contribution in [3.8, 4) is 67.5 Å². The van der Waals surface area contributed by atoms with Crippen LogP contribution in [0.25, 0.3) is 89.5 Å². The fraction of sp³-hybridized carbons (Fsp3) is 0.0172. The van der Waals surface area contributed by atoms with E-state index < -0.39 is 5.41 Å². The van der Waals surface area contributed by atoms with E-state index in [1.165, 1.54) is 48.7 Å². The molecular formula is C58H35N3OS. The Morgan fingerprint density at radius 1 is 0.317 bits per heavy atom. The molecule has 63 heavy (non-hydrogen) atoms. The first kappa shape index (κ1) is 35.9. The van der Waals surface area contributed by atoms with Crippen molar-refractivity contribution >= 4 is 33.7 Å². The largest absolute Gasteiger partial charge is 0.456 e. The number of furan rings is 1. The van der Waals surface area contributed by atoms with Gasteiger partial charge in [-0.25, -0.2) is 15.0 Å². The first-order valence-electron chi connectivity index (χ1n) is 21.2. The standard InChI is InChI=1S/C58H35N3OS/c1-3-15-36(16-4-1)55-59-56(37-17-5-2-6-18-37)61-57(60-55)42-22-14-21-40(32-42)38-19-13-20-39(31-38)41-29-30-54-50(33-41)58(48-26-10-12-28-53(48)63-54)47-25-9-7-23-43(47)45-35-52-46(34-49(45)58)44-24-8-11-27-51(44)62-52/h1-35H. The molecule has 1 aliphatic heterocycles. The number of benzene rings is 9. The third-order valence-corrected chi connectivity index (χ3v) is 13.9. The van der Waals surface area contributed by atoms with Gasteiger partial charge in [-0.05, 0) is 104 Å². The predicted octanol–water partition coefficient (Wildman–Crippen LogP) is 14.9. The highest BCUT2D eigenvalue weighted by atomic mass is 32.2. The van der Waals surface area contributed by atoms with Crippen LogP contribution < -0.4 is 0 Å². The van der Waals surface area contributed by atoms with Gasteiger partial charge in [-0.3, -0.25) is 0 Å². The van der Waals surface area contributed by atoms with Gasteiger partial charge in [-0.15, -0.1) is 0 Å². The molecule has 13 rings (SSSR count). The molecular weight excluding hydrogens is 787 g/mol. The van der Waals surface area contributed by atoms with Gasteiger partial charge in [-0.1, -0.05) is 176 Å². The number of aromatic nitrogens is 3. The third kappa shape index (κ3) is 5.60. The molecule has 0 saturated carbocycles. The second kappa shape index (κ2) is 14.1. The lowest BCUT2D eigenvalue weighted by Gasteiger charge is -2.40. The minimum absolute atomic E-state index is 0.528. The minimum Gasteiger partial charge on any atom is -0.456 e. The van der Waals surface area contributed by atoms with Gasteiger partial charge in [0.15, 0.2) is 17.5 Å². The molecule has 1 spiro atoms. The van der Waals surface area contributed by atoms with Crippen LogP contribution in [0.2, 0.25) is 0 Å². The average Bonchev–Trinajstić information content (AvgIpc) is 3.86. The summed E-state index contributed by atoms with van der Waals surface area (Å²) >= 11 is 1.87. The molecule has 1 aliphatic carbocycles. The minimum atomic E-state index is -0.528. The van der Waals surface area contributed by atoms with Crippen LogP contribution in [-0.4, -0.2) is 15.0 Å². The maximum atomic E-state index is 6.50. The van der Waals surface area contributed by atoms with Crippen molar-refractivity contribution in [3.63, 3.8) is 0 Å². The highest BCUT2D eigenvalue weighted by Crippen LogP contribution is 2.63. The van der Waals surface area contributed by atoms with Crippen molar-refractivity contribution in [1.29, 1.82) is 0 Å². The highest BCUT2D eigenvalue weighted by Gasteiger charge is 2.50. The SMILES string of the molecule is c1ccc(-c2nc(-c3ccccc3)nc(-c3cccc(-c4cccc(-c5ccc6c(c5)C5(c7ccccc7S6)c6ccccc6-c6cc7oc8ccccc8c7cc65)c4)c3)n2)cc1. The lowest BCUT2D eigenvalue weighted by molar-refractivity contribution is 0.668. The average molecular weight is 822 g/mol. The monoisotopic (exact) mass is 821 g/mol. The number of hydrogen-bond acceptors (Lipinski definition) is 5. The van der Waals surface area contributed by atoms with Gasteiger partial charge < -0.3 is 4.42 Å². The van der Waals surface area contributed by atoms with Gasteiger partial charge in [-0.2, -0.15) is 0 Å². The molecule has 1 unspecified atom stereocenters. The van der Waals surface area contributed by atoms with Crippen molar-refractivity contribution < 1.29 is 4.42 Å². The van der Waals surface area contributed by atoms with Gasteiger partial charge >= 0.3 is 0 Å². The zero-order valence-corrected chi connectivity index (χ0v) is 34.7. The van der Waals surface area contributed by atoms with Gasteiger partial charge in [0, 0.05) is 37.3 Å². The summed E-state index contributed by atoms with van der Waals surface area (Å²) in [4.78, 5) is 17.5. The van der Waals surface area contributed by atoms with Crippen LogP contribution in [0, 0.1) is 0 Å². The predicted molar refractivity (Wildman–Crippen MR) is 256 cm³/mol. The topological polar surface area (TPSA) is 51.8 Å². The molecule has 2 aliphatic rings. The summed E-state index contributed by atoms with van der Waals surface area (Å²) in [5.74, 6) is 1.93. The molecule has 0 radical (unpaired) electrons. The van der Waals surface area contributed by atoms with Crippen LogP contribution in [0.15, 0.2) is 227 Å². The summed E-state index contributed by atoms with van der Waals surface area (Å²) < 4.78 is 6.50. The van der Waals surface area contributed by atoms with E-state index in [-0.39, 0.29) is 0 Å². The molecule has 9 aromatic carbocycles. The highest BCUT2D eigenvalue weighted by molar-refractivity contribution is 7.99. The summed E-state index contributed by atoms with van der Waals surface area (Å²) in [6, 6.07) is 75.8. The van der Waals surface area contributed by atoms with Gasteiger partial charge in [0.25, 0.3) is 0 Å². The van der Waals surface area contributed by atoms with Crippen LogP contribution in [0.5, 0.6) is 0 Å². The number of fused-ring (bicyclic) bond motifs is 12. The van der Waals surface area contributed by atoms with Crippen LogP contribution in [0.1, 0.15) is 22.3 Å². The molecule has 294 valence electrons. The molecule has 11 aromatic rings. The van der Waals surface area contributed by atoms with E-state index in [1.807, 2.05) is 78.5 Å². The summed E-state index contributed by atoms with van der Waals surface area (Å²) in [5.41, 5.74) is 16.3. The Morgan fingerprint density at radius 3 is 1.59 bits per heavy atom. The van der Waals surface area contributed by atoms with E-state index in [9.17, 15) is 0 Å². The van der Waals surface area contributed by atoms with E-state index in [4.69, 9.17) is 19.4 Å². The van der Waals surface area contributed by atoms with E-state index in [1.54, 1.807) is 0 Å². The Balaban J connectivity index is 0.955. The summed E-state index contributed by atoms with van der Waals surface area (Å²) in [7, 11) is 0. The Bertz CT molecular complexity index is 3560. The van der Waals surface area contributed by atoms with Crippen molar-refractivity contribution in [2.75, 3.05) is 0 Å². The molecule has 1 atom stereocenters. The van der Waals surface area contributed by atoms with Gasteiger partial charge in [0.1, 0.15) is 11.2 Å². The van der Waals surface area contributed by atoms with Crippen molar-refractivity contribution in [3.05, 3.63) is 235 Å². The first-order valence-corrected chi connectivity index (χ1v) is 22.1. The Hall–Kier alpha value is -7.86. The lowest BCUT2D eigenvalue weighted by Crippen LogP contribution is -2.32. The molecule has 0 saturated heterocycles. The van der Waals surface area contributed by atoms with E-state index in [2.05, 4.69) is 146 Å². The number of para-hydroxylation sites is 1. The molecule has 0 fully saturated rings. The number of hydrogen-bond donors (Lipinski definition) is 0. The second-order valence-corrected chi connectivity index (χ2v) is 17.4. The zero-order valence-electron chi connectivity index (χ0n) is 33.9. The normalized spacial score (nSPS) is 14.7. The zero-order chi connectivity index (χ0) is 41.5. The molecule has 4 nitrogen and oxygen atoms in total. The fourth-order valence-corrected chi connectivity index (χ4v) is 11.1. The third-order valence-electron chi connectivity index (χ3n) is 12.8. The molecule has 3 heterocycles. The molecule has 0 amide bonds. The van der Waals surface area contributed by atoms with Crippen LogP contribution in [0.4, 0.5) is 0 Å². The maximum Gasteiger partial charge on any atom is 0.164 e. The number of nitrogens with zero attached hydrogens (tertiary/aromatic N) is 3. The van der Waals surface area contributed by atoms with Crippen LogP contribution in [-0.2, 0) is 5.41 Å². The molecule has 0 bridgehead atoms. The van der Waals surface area contributed by atoms with Crippen LogP contribution in [0.3, 0.4) is 0 Å². The Labute approximate surface area is 368 Å². The Kier molecular flexibility index (Phi) is 8.02. The summed E-state index contributed by atoms with van der Waals surface area (Å²) in [6.07, 6.45) is 0. The first-order chi connectivity index (χ1) is 31.2. The number of rotatable bonds is 5. The maximum absolute atomic E-state index is 6.50. The lowest BCUT2D eigenvalue weighted by atomic mass is 9.67. The second-order valence-electron chi connectivity index (χ2n) is 16.3. The van der Waals surface area contributed by atoms with Crippen molar-refractivity contribution in [2.45, 2.75) is 15.2 Å². The van der Waals surface area contributed by atoms with E-state index in [0.29, 0.717) is 17.5 Å². The van der Waals surface area contributed by atoms with Gasteiger partial charge in [0.05, 0.1) is 5.41 Å². The molecule has 0 N–H and O–H groups in total.